The Balaban J connectivity index is 2.67. The van der Waals surface area contributed by atoms with Gasteiger partial charge in [-0.05, 0) is 34.1 Å². The normalized spacial score (nSPS) is 10.5. The Morgan fingerprint density at radius 1 is 1.53 bits per heavy atom. The molecule has 0 saturated carbocycles. The van der Waals surface area contributed by atoms with Crippen molar-refractivity contribution in [2.75, 3.05) is 0 Å². The number of halogens is 2. The maximum Gasteiger partial charge on any atom is 0.261 e. The Morgan fingerprint density at radius 3 is 2.88 bits per heavy atom. The van der Waals surface area contributed by atoms with Crippen LogP contribution < -0.4 is 5.73 Å². The number of aromatic hydroxyl groups is 1. The molecule has 17 heavy (non-hydrogen) atoms. The van der Waals surface area contributed by atoms with Crippen LogP contribution in [-0.4, -0.2) is 16.0 Å². The SMILES string of the molecule is NC(=O)c1sc(Br)nc1-c1cc(Cl)ccc1O. The minimum atomic E-state index is -0.595. The van der Waals surface area contributed by atoms with Gasteiger partial charge in [-0.2, -0.15) is 0 Å². The van der Waals surface area contributed by atoms with Crippen molar-refractivity contribution in [2.24, 2.45) is 5.73 Å². The maximum absolute atomic E-state index is 11.3. The molecule has 1 aromatic carbocycles. The molecule has 1 amide bonds. The lowest BCUT2D eigenvalue weighted by molar-refractivity contribution is 0.100. The first-order valence-electron chi connectivity index (χ1n) is 4.44. The van der Waals surface area contributed by atoms with Gasteiger partial charge in [0.25, 0.3) is 5.91 Å². The van der Waals surface area contributed by atoms with Crippen molar-refractivity contribution < 1.29 is 9.90 Å². The van der Waals surface area contributed by atoms with Gasteiger partial charge in [0.15, 0.2) is 3.92 Å². The summed E-state index contributed by atoms with van der Waals surface area (Å²) < 4.78 is 0.515. The fourth-order valence-electron chi connectivity index (χ4n) is 1.34. The topological polar surface area (TPSA) is 76.2 Å². The summed E-state index contributed by atoms with van der Waals surface area (Å²) in [7, 11) is 0. The summed E-state index contributed by atoms with van der Waals surface area (Å²) in [5.74, 6) is -0.600. The molecule has 0 aliphatic carbocycles. The Kier molecular flexibility index (Phi) is 3.37. The molecule has 0 aliphatic rings. The minimum Gasteiger partial charge on any atom is -0.507 e. The van der Waals surface area contributed by atoms with Crippen molar-refractivity contribution >= 4 is 44.8 Å². The van der Waals surface area contributed by atoms with E-state index in [0.29, 0.717) is 20.2 Å². The lowest BCUT2D eigenvalue weighted by Gasteiger charge is -2.03. The first kappa shape index (κ1) is 12.3. The summed E-state index contributed by atoms with van der Waals surface area (Å²) in [6.45, 7) is 0. The van der Waals surface area contributed by atoms with Crippen LogP contribution >= 0.6 is 38.9 Å². The van der Waals surface area contributed by atoms with E-state index in [1.165, 1.54) is 12.1 Å². The standard InChI is InChI=1S/C10H6BrClN2O2S/c11-10-14-7(8(17-10)9(13)16)5-3-4(12)1-2-6(5)15/h1-3,15H,(H2,13,16). The van der Waals surface area contributed by atoms with E-state index < -0.39 is 5.91 Å². The number of carbonyl (C=O) groups is 1. The Hall–Kier alpha value is -1.11. The van der Waals surface area contributed by atoms with Crippen molar-refractivity contribution in [3.05, 3.63) is 32.0 Å². The molecule has 1 heterocycles. The van der Waals surface area contributed by atoms with Gasteiger partial charge in [0, 0.05) is 10.6 Å². The molecule has 0 spiro atoms. The van der Waals surface area contributed by atoms with E-state index >= 15 is 0 Å². The van der Waals surface area contributed by atoms with Crippen molar-refractivity contribution in [1.29, 1.82) is 0 Å². The van der Waals surface area contributed by atoms with Crippen LogP contribution in [0.25, 0.3) is 11.3 Å². The third kappa shape index (κ3) is 2.43. The number of benzene rings is 1. The number of hydrogen-bond acceptors (Lipinski definition) is 4. The Morgan fingerprint density at radius 2 is 2.24 bits per heavy atom. The number of aromatic nitrogens is 1. The molecule has 0 atom stereocenters. The molecule has 2 rings (SSSR count). The van der Waals surface area contributed by atoms with Crippen LogP contribution in [0.5, 0.6) is 5.75 Å². The number of hydrogen-bond donors (Lipinski definition) is 2. The molecule has 4 nitrogen and oxygen atoms in total. The fourth-order valence-corrected chi connectivity index (χ4v) is 2.83. The summed E-state index contributed by atoms with van der Waals surface area (Å²) in [6, 6.07) is 4.52. The van der Waals surface area contributed by atoms with Crippen molar-refractivity contribution in [3.63, 3.8) is 0 Å². The number of nitrogens with two attached hydrogens (primary N) is 1. The molecule has 0 aliphatic heterocycles. The van der Waals surface area contributed by atoms with Crippen molar-refractivity contribution in [2.45, 2.75) is 0 Å². The predicted octanol–water partition coefficient (Wildman–Crippen LogP) is 3.03. The van der Waals surface area contributed by atoms with Gasteiger partial charge < -0.3 is 10.8 Å². The van der Waals surface area contributed by atoms with Crippen molar-refractivity contribution in [3.8, 4) is 17.0 Å². The first-order chi connectivity index (χ1) is 7.99. The Labute approximate surface area is 114 Å². The molecule has 1 aromatic heterocycles. The zero-order chi connectivity index (χ0) is 12.6. The second-order valence-corrected chi connectivity index (χ2v) is 5.88. The summed E-state index contributed by atoms with van der Waals surface area (Å²) in [5.41, 5.74) is 5.96. The van der Waals surface area contributed by atoms with E-state index in [0.717, 1.165) is 11.3 Å². The summed E-state index contributed by atoms with van der Waals surface area (Å²) >= 11 is 10.1. The highest BCUT2D eigenvalue weighted by Crippen LogP contribution is 2.36. The third-order valence-electron chi connectivity index (χ3n) is 2.04. The maximum atomic E-state index is 11.3. The molecule has 7 heteroatoms. The smallest absolute Gasteiger partial charge is 0.261 e. The molecule has 0 unspecified atom stereocenters. The van der Waals surface area contributed by atoms with Crippen LogP contribution in [0.1, 0.15) is 9.67 Å². The van der Waals surface area contributed by atoms with Gasteiger partial charge in [-0.15, -0.1) is 11.3 Å². The lowest BCUT2D eigenvalue weighted by atomic mass is 10.1. The summed E-state index contributed by atoms with van der Waals surface area (Å²) in [6.07, 6.45) is 0. The lowest BCUT2D eigenvalue weighted by Crippen LogP contribution is -2.10. The number of nitrogens with zero attached hydrogens (tertiary/aromatic N) is 1. The average Bonchev–Trinajstić information content (AvgIpc) is 2.64. The number of phenolic OH excluding ortho intramolecular Hbond substituents is 1. The van der Waals surface area contributed by atoms with E-state index in [1.54, 1.807) is 6.07 Å². The van der Waals surface area contributed by atoms with E-state index in [-0.39, 0.29) is 10.6 Å². The highest BCUT2D eigenvalue weighted by Gasteiger charge is 2.19. The highest BCUT2D eigenvalue weighted by molar-refractivity contribution is 9.11. The van der Waals surface area contributed by atoms with E-state index in [2.05, 4.69) is 20.9 Å². The van der Waals surface area contributed by atoms with Gasteiger partial charge in [0.2, 0.25) is 0 Å². The molecule has 88 valence electrons. The van der Waals surface area contributed by atoms with Gasteiger partial charge >= 0.3 is 0 Å². The summed E-state index contributed by atoms with van der Waals surface area (Å²) in [5, 5.41) is 10.2. The summed E-state index contributed by atoms with van der Waals surface area (Å²) in [4.78, 5) is 15.7. The largest absolute Gasteiger partial charge is 0.507 e. The van der Waals surface area contributed by atoms with E-state index in [4.69, 9.17) is 17.3 Å². The van der Waals surface area contributed by atoms with Crippen LogP contribution in [0, 0.1) is 0 Å². The number of carbonyl (C=O) groups excluding carboxylic acids is 1. The van der Waals surface area contributed by atoms with Crippen LogP contribution in [0.4, 0.5) is 0 Å². The third-order valence-corrected chi connectivity index (χ3v) is 3.79. The molecule has 0 radical (unpaired) electrons. The molecule has 0 bridgehead atoms. The average molecular weight is 334 g/mol. The number of thiazole rings is 1. The van der Waals surface area contributed by atoms with Crippen LogP contribution in [0.3, 0.4) is 0 Å². The van der Waals surface area contributed by atoms with Crippen LogP contribution in [0.2, 0.25) is 5.02 Å². The fraction of sp³-hybridized carbons (Fsp3) is 0. The second-order valence-electron chi connectivity index (χ2n) is 3.17. The van der Waals surface area contributed by atoms with Crippen LogP contribution in [-0.2, 0) is 0 Å². The van der Waals surface area contributed by atoms with Gasteiger partial charge in [0.1, 0.15) is 10.6 Å². The van der Waals surface area contributed by atoms with E-state index in [1.807, 2.05) is 0 Å². The molecule has 0 saturated heterocycles. The molecule has 2 aromatic rings. The van der Waals surface area contributed by atoms with Gasteiger partial charge in [-0.3, -0.25) is 4.79 Å². The second kappa shape index (κ2) is 4.64. The number of rotatable bonds is 2. The highest BCUT2D eigenvalue weighted by atomic mass is 79.9. The van der Waals surface area contributed by atoms with Crippen LogP contribution in [0.15, 0.2) is 22.1 Å². The number of phenols is 1. The van der Waals surface area contributed by atoms with Gasteiger partial charge in [-0.25, -0.2) is 4.98 Å². The quantitative estimate of drug-likeness (QED) is 0.887. The monoisotopic (exact) mass is 332 g/mol. The molecule has 0 fully saturated rings. The van der Waals surface area contributed by atoms with E-state index in [9.17, 15) is 9.90 Å². The number of amides is 1. The Bertz CT molecular complexity index is 600. The first-order valence-corrected chi connectivity index (χ1v) is 6.43. The molecular weight excluding hydrogens is 328 g/mol. The molecular formula is C10H6BrClN2O2S. The molecule has 3 N–H and O–H groups in total. The van der Waals surface area contributed by atoms with Gasteiger partial charge in [0.05, 0.1) is 5.69 Å². The minimum absolute atomic E-state index is 0.00491. The zero-order valence-electron chi connectivity index (χ0n) is 8.28. The van der Waals surface area contributed by atoms with Gasteiger partial charge in [-0.1, -0.05) is 11.6 Å². The zero-order valence-corrected chi connectivity index (χ0v) is 11.4. The predicted molar refractivity (Wildman–Crippen MR) is 70.4 cm³/mol. The van der Waals surface area contributed by atoms with Crippen molar-refractivity contribution in [1.82, 2.24) is 4.98 Å². The number of primary amides is 1.